The second kappa shape index (κ2) is 17.9. The van der Waals surface area contributed by atoms with Gasteiger partial charge in [0, 0.05) is 33.9 Å². The van der Waals surface area contributed by atoms with Crippen LogP contribution in [0.25, 0.3) is 88.3 Å². The van der Waals surface area contributed by atoms with Gasteiger partial charge in [-0.25, -0.2) is 0 Å². The van der Waals surface area contributed by atoms with E-state index in [1.807, 2.05) is 0 Å². The number of para-hydroxylation sites is 2. The molecule has 0 spiro atoms. The van der Waals surface area contributed by atoms with Gasteiger partial charge >= 0.3 is 0 Å². The molecule has 0 N–H and O–H groups in total. The Labute approximate surface area is 422 Å². The van der Waals surface area contributed by atoms with Crippen LogP contribution in [-0.2, 0) is 0 Å². The van der Waals surface area contributed by atoms with Crippen molar-refractivity contribution in [1.29, 1.82) is 0 Å². The molecule has 72 heavy (non-hydrogen) atoms. The Kier molecular flexibility index (Phi) is 10.7. The van der Waals surface area contributed by atoms with E-state index in [4.69, 9.17) is 0 Å². The highest BCUT2D eigenvalue weighted by atomic mass is 15.2. The Hall–Kier alpha value is -9.24. The summed E-state index contributed by atoms with van der Waals surface area (Å²) < 4.78 is 0. The van der Waals surface area contributed by atoms with Crippen molar-refractivity contribution in [1.82, 2.24) is 0 Å². The predicted molar refractivity (Wildman–Crippen MR) is 306 cm³/mol. The van der Waals surface area contributed by atoms with Crippen molar-refractivity contribution >= 4 is 55.7 Å². The molecule has 0 fully saturated rings. The molecule has 0 amide bonds. The number of anilines is 6. The molecule has 0 unspecified atom stereocenters. The van der Waals surface area contributed by atoms with Crippen molar-refractivity contribution < 1.29 is 0 Å². The van der Waals surface area contributed by atoms with Gasteiger partial charge in [0.25, 0.3) is 0 Å². The lowest BCUT2D eigenvalue weighted by molar-refractivity contribution is 1.25. The quantitative estimate of drug-likeness (QED) is 0.135. The number of benzene rings is 12. The first-order chi connectivity index (χ1) is 35.5. The van der Waals surface area contributed by atoms with E-state index in [0.717, 1.165) is 34.1 Å². The van der Waals surface area contributed by atoms with E-state index in [1.54, 1.807) is 0 Å². The molecule has 13 rings (SSSR count). The van der Waals surface area contributed by atoms with Crippen LogP contribution in [0.2, 0.25) is 0 Å². The van der Waals surface area contributed by atoms with Crippen LogP contribution >= 0.6 is 0 Å². The molecule has 2 heteroatoms. The lowest BCUT2D eigenvalue weighted by Crippen LogP contribution is -2.13. The standard InChI is InChI=1S/C70H50N2/c1-47-19-15-17-29-67(47)71(69-37-33-53(49-21-7-3-8-22-49)41-61(69)51-25-11-5-12-26-51)59-35-31-55-43-63-64-44-56-32-36-60(40-58(56)46-66(64)65(63)45-57(55)39-59)72(68-30-18-16-20-48(68)2)70-38-34-54(50-23-9-4-10-24-50)42-62(70)52-27-13-6-14-28-52/h3-46H,1-2H3. The minimum atomic E-state index is 1.12. The molecule has 0 radical (unpaired) electrons. The fraction of sp³-hybridized carbons (Fsp3) is 0.0286. The fourth-order valence-corrected chi connectivity index (χ4v) is 10.9. The minimum absolute atomic E-state index is 1.12. The Morgan fingerprint density at radius 1 is 0.208 bits per heavy atom. The Morgan fingerprint density at radius 3 is 0.917 bits per heavy atom. The Balaban J connectivity index is 0.925. The van der Waals surface area contributed by atoms with Crippen LogP contribution < -0.4 is 9.80 Å². The summed E-state index contributed by atoms with van der Waals surface area (Å²) in [5.41, 5.74) is 23.9. The SMILES string of the molecule is Cc1ccccc1N(c1ccc2cc3c(cc2c1)-c1cc2cc(N(c4ccccc4C)c4ccc(-c5ccccc5)cc4-c4ccccc4)ccc2cc1-3)c1ccc(-c2ccccc2)cc1-c1ccccc1. The molecule has 1 aliphatic rings. The summed E-state index contributed by atoms with van der Waals surface area (Å²) in [4.78, 5) is 4.90. The maximum atomic E-state index is 2.45. The van der Waals surface area contributed by atoms with Gasteiger partial charge in [-0.05, 0) is 187 Å². The summed E-state index contributed by atoms with van der Waals surface area (Å²) >= 11 is 0. The highest BCUT2D eigenvalue weighted by Crippen LogP contribution is 2.52. The molecule has 0 aromatic heterocycles. The van der Waals surface area contributed by atoms with Crippen LogP contribution in [-0.4, -0.2) is 0 Å². The first-order valence-corrected chi connectivity index (χ1v) is 24.9. The zero-order valence-corrected chi connectivity index (χ0v) is 40.3. The number of aryl methyl sites for hydroxylation is 2. The largest absolute Gasteiger partial charge is 0.310 e. The third kappa shape index (κ3) is 7.62. The highest BCUT2D eigenvalue weighted by Gasteiger charge is 2.27. The first kappa shape index (κ1) is 42.8. The van der Waals surface area contributed by atoms with E-state index >= 15 is 0 Å². The number of hydrogen-bond donors (Lipinski definition) is 0. The summed E-state index contributed by atoms with van der Waals surface area (Å²) in [7, 11) is 0. The molecule has 340 valence electrons. The molecular formula is C70H50N2. The molecular weight excluding hydrogens is 869 g/mol. The third-order valence-electron chi connectivity index (χ3n) is 14.6. The number of nitrogens with zero attached hydrogens (tertiary/aromatic N) is 2. The monoisotopic (exact) mass is 918 g/mol. The van der Waals surface area contributed by atoms with E-state index in [-0.39, 0.29) is 0 Å². The molecule has 12 aromatic carbocycles. The highest BCUT2D eigenvalue weighted by molar-refractivity contribution is 6.13. The van der Waals surface area contributed by atoms with E-state index in [0.29, 0.717) is 0 Å². The summed E-state index contributed by atoms with van der Waals surface area (Å²) in [6.45, 7) is 4.42. The zero-order valence-electron chi connectivity index (χ0n) is 40.3. The van der Waals surface area contributed by atoms with Gasteiger partial charge in [-0.15, -0.1) is 0 Å². The number of fused-ring (bicyclic) bond motifs is 6. The van der Waals surface area contributed by atoms with Gasteiger partial charge in [0.2, 0.25) is 0 Å². The van der Waals surface area contributed by atoms with Crippen LogP contribution in [0, 0.1) is 13.8 Å². The van der Waals surface area contributed by atoms with Gasteiger partial charge in [0.15, 0.2) is 0 Å². The fourth-order valence-electron chi connectivity index (χ4n) is 10.9. The van der Waals surface area contributed by atoms with Crippen LogP contribution in [0.3, 0.4) is 0 Å². The van der Waals surface area contributed by atoms with Gasteiger partial charge in [0.1, 0.15) is 0 Å². The third-order valence-corrected chi connectivity index (χ3v) is 14.6. The molecule has 2 nitrogen and oxygen atoms in total. The lowest BCUT2D eigenvalue weighted by atomic mass is 9.78. The van der Waals surface area contributed by atoms with Gasteiger partial charge in [-0.1, -0.05) is 182 Å². The predicted octanol–water partition coefficient (Wildman–Crippen LogP) is 19.9. The van der Waals surface area contributed by atoms with Crippen LogP contribution in [0.1, 0.15) is 11.1 Å². The van der Waals surface area contributed by atoms with Gasteiger partial charge in [-0.2, -0.15) is 0 Å². The first-order valence-electron chi connectivity index (χ1n) is 24.9. The average Bonchev–Trinajstić information content (AvgIpc) is 3.44. The molecule has 0 saturated carbocycles. The van der Waals surface area contributed by atoms with Crippen LogP contribution in [0.4, 0.5) is 34.1 Å². The number of hydrogen-bond acceptors (Lipinski definition) is 2. The topological polar surface area (TPSA) is 6.48 Å². The smallest absolute Gasteiger partial charge is 0.0540 e. The summed E-state index contributed by atoms with van der Waals surface area (Å²) in [5, 5.41) is 4.88. The van der Waals surface area contributed by atoms with Gasteiger partial charge in [-0.3, -0.25) is 0 Å². The van der Waals surface area contributed by atoms with Gasteiger partial charge in [0.05, 0.1) is 11.4 Å². The lowest BCUT2D eigenvalue weighted by Gasteiger charge is -2.31. The van der Waals surface area contributed by atoms with Crippen LogP contribution in [0.15, 0.2) is 267 Å². The molecule has 0 heterocycles. The van der Waals surface area contributed by atoms with Crippen LogP contribution in [0.5, 0.6) is 0 Å². The average molecular weight is 919 g/mol. The summed E-state index contributed by atoms with van der Waals surface area (Å²) in [6, 6.07) is 97.9. The molecule has 1 aliphatic carbocycles. The minimum Gasteiger partial charge on any atom is -0.310 e. The van der Waals surface area contributed by atoms with E-state index in [2.05, 4.69) is 291 Å². The zero-order chi connectivity index (χ0) is 48.1. The summed E-state index contributed by atoms with van der Waals surface area (Å²) in [5.74, 6) is 0. The summed E-state index contributed by atoms with van der Waals surface area (Å²) in [6.07, 6.45) is 0. The Bertz CT molecular complexity index is 3730. The maximum absolute atomic E-state index is 2.45. The second-order valence-electron chi connectivity index (χ2n) is 19.0. The van der Waals surface area contributed by atoms with Crippen molar-refractivity contribution in [2.24, 2.45) is 0 Å². The van der Waals surface area contributed by atoms with Crippen molar-refractivity contribution in [3.8, 4) is 66.8 Å². The second-order valence-corrected chi connectivity index (χ2v) is 19.0. The molecule has 0 bridgehead atoms. The van der Waals surface area contributed by atoms with E-state index in [9.17, 15) is 0 Å². The van der Waals surface area contributed by atoms with Crippen molar-refractivity contribution in [3.05, 3.63) is 278 Å². The van der Waals surface area contributed by atoms with Crippen molar-refractivity contribution in [2.45, 2.75) is 13.8 Å². The van der Waals surface area contributed by atoms with Crippen molar-refractivity contribution in [2.75, 3.05) is 9.80 Å². The maximum Gasteiger partial charge on any atom is 0.0540 e. The Morgan fingerprint density at radius 2 is 0.542 bits per heavy atom. The van der Waals surface area contributed by atoms with E-state index in [1.165, 1.54) is 99.4 Å². The van der Waals surface area contributed by atoms with Crippen molar-refractivity contribution in [3.63, 3.8) is 0 Å². The van der Waals surface area contributed by atoms with Gasteiger partial charge < -0.3 is 9.80 Å². The molecule has 0 saturated heterocycles. The number of rotatable bonds is 10. The molecule has 0 atom stereocenters. The molecule has 12 aromatic rings. The van der Waals surface area contributed by atoms with E-state index < -0.39 is 0 Å². The molecule has 0 aliphatic heterocycles. The normalized spacial score (nSPS) is 11.5.